The van der Waals surface area contributed by atoms with Gasteiger partial charge in [0.2, 0.25) is 14.9 Å². The third kappa shape index (κ3) is 3.42. The molecule has 0 radical (unpaired) electrons. The molecule has 2 aromatic carbocycles. The van der Waals surface area contributed by atoms with Gasteiger partial charge in [0, 0.05) is 11.6 Å². The summed E-state index contributed by atoms with van der Waals surface area (Å²) in [6.07, 6.45) is 0. The molecule has 10 heteroatoms. The van der Waals surface area contributed by atoms with Crippen LogP contribution in [0.25, 0.3) is 15.9 Å². The van der Waals surface area contributed by atoms with Crippen molar-refractivity contribution in [1.29, 1.82) is 0 Å². The fourth-order valence-electron chi connectivity index (χ4n) is 3.43. The minimum Gasteiger partial charge on any atom is -0.365 e. The van der Waals surface area contributed by atoms with Crippen molar-refractivity contribution >= 4 is 54.5 Å². The van der Waals surface area contributed by atoms with Crippen molar-refractivity contribution in [2.45, 2.75) is 30.3 Å². The highest BCUT2D eigenvalue weighted by atomic mass is 35.5. The van der Waals surface area contributed by atoms with Crippen LogP contribution in [0.4, 0.5) is 5.82 Å². The second-order valence-corrected chi connectivity index (χ2v) is 10.6. The molecule has 0 aliphatic rings. The molecule has 3 aromatic heterocycles. The number of aromatic nitrogens is 4. The standard InChI is InChI=1S/C22H18ClN5O2S2/c1-13-7-8-16(11-14(13)2)32(29,30)22-21-25-20(24-12-15-5-3-4-6-17(15)23)19-18(9-10-31-19)28(21)27-26-22/h3-11H,12H2,1-2H3,(H,24,25). The van der Waals surface area contributed by atoms with E-state index < -0.39 is 9.84 Å². The van der Waals surface area contributed by atoms with E-state index in [0.717, 1.165) is 26.9 Å². The van der Waals surface area contributed by atoms with Crippen LogP contribution in [0.5, 0.6) is 0 Å². The summed E-state index contributed by atoms with van der Waals surface area (Å²) in [4.78, 5) is 4.79. The van der Waals surface area contributed by atoms with E-state index in [1.54, 1.807) is 18.2 Å². The maximum Gasteiger partial charge on any atom is 0.229 e. The van der Waals surface area contributed by atoms with Crippen LogP contribution >= 0.6 is 22.9 Å². The number of halogens is 1. The molecule has 3 heterocycles. The summed E-state index contributed by atoms with van der Waals surface area (Å²) < 4.78 is 29.1. The topological polar surface area (TPSA) is 89.2 Å². The molecular formula is C22H18ClN5O2S2. The number of sulfone groups is 1. The van der Waals surface area contributed by atoms with E-state index in [9.17, 15) is 8.42 Å². The second-order valence-electron chi connectivity index (χ2n) is 7.42. The molecule has 0 spiro atoms. The summed E-state index contributed by atoms with van der Waals surface area (Å²) in [5, 5.41) is 13.8. The number of thiophene rings is 1. The Balaban J connectivity index is 1.64. The van der Waals surface area contributed by atoms with Gasteiger partial charge in [-0.2, -0.15) is 4.52 Å². The van der Waals surface area contributed by atoms with Crippen molar-refractivity contribution < 1.29 is 8.42 Å². The maximum atomic E-state index is 13.4. The van der Waals surface area contributed by atoms with Crippen molar-refractivity contribution in [2.24, 2.45) is 0 Å². The van der Waals surface area contributed by atoms with Crippen molar-refractivity contribution in [3.05, 3.63) is 75.6 Å². The van der Waals surface area contributed by atoms with Crippen LogP contribution in [0.1, 0.15) is 16.7 Å². The van der Waals surface area contributed by atoms with E-state index in [4.69, 9.17) is 11.6 Å². The third-order valence-electron chi connectivity index (χ3n) is 5.37. The first-order valence-corrected chi connectivity index (χ1v) is 12.5. The highest BCUT2D eigenvalue weighted by Crippen LogP contribution is 2.32. The fraction of sp³-hybridized carbons (Fsp3) is 0.136. The van der Waals surface area contributed by atoms with Crippen LogP contribution in [-0.2, 0) is 16.4 Å². The zero-order valence-corrected chi connectivity index (χ0v) is 19.6. The number of rotatable bonds is 5. The zero-order valence-electron chi connectivity index (χ0n) is 17.2. The normalized spacial score (nSPS) is 12.0. The molecule has 0 aliphatic heterocycles. The zero-order chi connectivity index (χ0) is 22.5. The smallest absolute Gasteiger partial charge is 0.229 e. The van der Waals surface area contributed by atoms with Gasteiger partial charge in [0.1, 0.15) is 5.82 Å². The van der Waals surface area contributed by atoms with Crippen molar-refractivity contribution in [2.75, 3.05) is 5.32 Å². The van der Waals surface area contributed by atoms with Crippen molar-refractivity contribution in [1.82, 2.24) is 19.8 Å². The Bertz CT molecular complexity index is 1590. The summed E-state index contributed by atoms with van der Waals surface area (Å²) in [5.41, 5.74) is 3.72. The lowest BCUT2D eigenvalue weighted by atomic mass is 10.1. The van der Waals surface area contributed by atoms with Gasteiger partial charge < -0.3 is 5.32 Å². The SMILES string of the molecule is Cc1ccc(S(=O)(=O)c2nnn3c2nc(NCc2ccccc2Cl)c2sccc23)cc1C. The molecule has 0 saturated heterocycles. The van der Waals surface area contributed by atoms with Crippen LogP contribution < -0.4 is 5.32 Å². The highest BCUT2D eigenvalue weighted by molar-refractivity contribution is 7.91. The Kier molecular flexibility index (Phi) is 5.11. The van der Waals surface area contributed by atoms with Gasteiger partial charge >= 0.3 is 0 Å². The number of anilines is 1. The minimum atomic E-state index is -3.91. The van der Waals surface area contributed by atoms with Gasteiger partial charge in [-0.1, -0.05) is 41.1 Å². The molecule has 7 nitrogen and oxygen atoms in total. The average Bonchev–Trinajstić information content (AvgIpc) is 3.42. The van der Waals surface area contributed by atoms with Gasteiger partial charge in [-0.05, 0) is 60.2 Å². The number of benzene rings is 2. The van der Waals surface area contributed by atoms with Crippen LogP contribution in [0.2, 0.25) is 5.02 Å². The molecule has 1 N–H and O–H groups in total. The van der Waals surface area contributed by atoms with E-state index in [1.165, 1.54) is 15.9 Å². The van der Waals surface area contributed by atoms with E-state index >= 15 is 0 Å². The van der Waals surface area contributed by atoms with Gasteiger partial charge in [-0.3, -0.25) is 0 Å². The van der Waals surface area contributed by atoms with E-state index in [1.807, 2.05) is 49.6 Å². The van der Waals surface area contributed by atoms with Crippen molar-refractivity contribution in [3.63, 3.8) is 0 Å². The number of nitrogens with zero attached hydrogens (tertiary/aromatic N) is 4. The first-order chi connectivity index (χ1) is 15.4. The van der Waals surface area contributed by atoms with Crippen molar-refractivity contribution in [3.8, 4) is 0 Å². The fourth-order valence-corrected chi connectivity index (χ4v) is 5.79. The number of aryl methyl sites for hydroxylation is 2. The van der Waals surface area contributed by atoms with E-state index in [2.05, 4.69) is 20.6 Å². The summed E-state index contributed by atoms with van der Waals surface area (Å²) in [6.45, 7) is 4.25. The number of nitrogens with one attached hydrogen (secondary N) is 1. The van der Waals surface area contributed by atoms with Crippen LogP contribution in [-0.4, -0.2) is 28.2 Å². The van der Waals surface area contributed by atoms with Gasteiger partial charge in [0.15, 0.2) is 5.65 Å². The number of fused-ring (bicyclic) bond motifs is 3. The molecule has 0 unspecified atom stereocenters. The van der Waals surface area contributed by atoms with Crippen LogP contribution in [0.15, 0.2) is 63.8 Å². The molecule has 0 aliphatic carbocycles. The Morgan fingerprint density at radius 2 is 1.91 bits per heavy atom. The monoisotopic (exact) mass is 483 g/mol. The molecule has 0 bridgehead atoms. The predicted octanol–water partition coefficient (Wildman–Crippen LogP) is 5.05. The van der Waals surface area contributed by atoms with E-state index in [-0.39, 0.29) is 15.6 Å². The lowest BCUT2D eigenvalue weighted by Crippen LogP contribution is -2.07. The second kappa shape index (κ2) is 7.84. The van der Waals surface area contributed by atoms with Crippen LogP contribution in [0.3, 0.4) is 0 Å². The third-order valence-corrected chi connectivity index (χ3v) is 8.30. The quantitative estimate of drug-likeness (QED) is 0.376. The minimum absolute atomic E-state index is 0.167. The first-order valence-electron chi connectivity index (χ1n) is 9.78. The first kappa shape index (κ1) is 20.9. The van der Waals surface area contributed by atoms with E-state index in [0.29, 0.717) is 17.4 Å². The lowest BCUT2D eigenvalue weighted by molar-refractivity contribution is 0.592. The van der Waals surface area contributed by atoms with Gasteiger partial charge in [-0.15, -0.1) is 16.4 Å². The highest BCUT2D eigenvalue weighted by Gasteiger charge is 2.27. The Morgan fingerprint density at radius 3 is 2.69 bits per heavy atom. The largest absolute Gasteiger partial charge is 0.365 e. The summed E-state index contributed by atoms with van der Waals surface area (Å²) in [5.74, 6) is 0.557. The predicted molar refractivity (Wildman–Crippen MR) is 126 cm³/mol. The Hall–Kier alpha value is -3.01. The molecule has 0 saturated carbocycles. The molecule has 5 rings (SSSR count). The number of hydrogen-bond acceptors (Lipinski definition) is 7. The average molecular weight is 484 g/mol. The summed E-state index contributed by atoms with van der Waals surface area (Å²) in [6, 6.07) is 14.4. The lowest BCUT2D eigenvalue weighted by Gasteiger charge is -2.09. The van der Waals surface area contributed by atoms with Gasteiger partial charge in [0.05, 0.1) is 15.1 Å². The Labute approximate surface area is 193 Å². The molecule has 32 heavy (non-hydrogen) atoms. The number of hydrogen-bond donors (Lipinski definition) is 1. The maximum absolute atomic E-state index is 13.4. The molecule has 0 atom stereocenters. The molecule has 0 fully saturated rings. The van der Waals surface area contributed by atoms with Gasteiger partial charge in [-0.25, -0.2) is 13.4 Å². The molecule has 5 aromatic rings. The molecule has 162 valence electrons. The summed E-state index contributed by atoms with van der Waals surface area (Å²) >= 11 is 7.77. The summed E-state index contributed by atoms with van der Waals surface area (Å²) in [7, 11) is -3.91. The molecule has 0 amide bonds. The molecular weight excluding hydrogens is 466 g/mol. The van der Waals surface area contributed by atoms with Gasteiger partial charge in [0.25, 0.3) is 0 Å². The van der Waals surface area contributed by atoms with Crippen LogP contribution in [0, 0.1) is 13.8 Å². The Morgan fingerprint density at radius 1 is 1.09 bits per heavy atom.